The van der Waals surface area contributed by atoms with Crippen LogP contribution in [0.15, 0.2) is 0 Å². The van der Waals surface area contributed by atoms with Gasteiger partial charge in [0.25, 0.3) is 0 Å². The van der Waals surface area contributed by atoms with Crippen molar-refractivity contribution >= 4 is 5.91 Å². The summed E-state index contributed by atoms with van der Waals surface area (Å²) in [6.07, 6.45) is 6.92. The summed E-state index contributed by atoms with van der Waals surface area (Å²) < 4.78 is 0. The first kappa shape index (κ1) is 12.0. The predicted molar refractivity (Wildman–Crippen MR) is 59.0 cm³/mol. The van der Waals surface area contributed by atoms with E-state index < -0.39 is 0 Å². The summed E-state index contributed by atoms with van der Waals surface area (Å²) in [5.41, 5.74) is 0. The van der Waals surface area contributed by atoms with E-state index in [4.69, 9.17) is 5.26 Å². The van der Waals surface area contributed by atoms with Crippen LogP contribution in [0.3, 0.4) is 0 Å². The summed E-state index contributed by atoms with van der Waals surface area (Å²) in [7, 11) is 0. The van der Waals surface area contributed by atoms with Gasteiger partial charge in [0.2, 0.25) is 5.91 Å². The fourth-order valence-electron chi connectivity index (χ4n) is 2.09. The minimum Gasteiger partial charge on any atom is -0.352 e. The van der Waals surface area contributed by atoms with Gasteiger partial charge in [0.15, 0.2) is 0 Å². The summed E-state index contributed by atoms with van der Waals surface area (Å²) in [6, 6.07) is 2.16. The second-order valence-electron chi connectivity index (χ2n) is 4.31. The maximum Gasteiger partial charge on any atom is 0.223 e. The van der Waals surface area contributed by atoms with Crippen LogP contribution in [-0.4, -0.2) is 11.9 Å². The molecule has 1 saturated carbocycles. The molecule has 1 unspecified atom stereocenters. The van der Waals surface area contributed by atoms with E-state index in [0.717, 1.165) is 19.3 Å². The van der Waals surface area contributed by atoms with Gasteiger partial charge in [-0.25, -0.2) is 0 Å². The van der Waals surface area contributed by atoms with Crippen LogP contribution in [0.4, 0.5) is 0 Å². The third-order valence-electron chi connectivity index (χ3n) is 3.15. The molecule has 0 saturated heterocycles. The highest BCUT2D eigenvalue weighted by Gasteiger charge is 2.22. The van der Waals surface area contributed by atoms with E-state index in [2.05, 4.69) is 11.4 Å². The molecule has 1 aliphatic rings. The number of carbonyl (C=O) groups is 1. The number of nitriles is 1. The average molecular weight is 208 g/mol. The second-order valence-corrected chi connectivity index (χ2v) is 4.31. The molecule has 3 nitrogen and oxygen atoms in total. The third kappa shape index (κ3) is 3.91. The van der Waals surface area contributed by atoms with Crippen LogP contribution in [0.5, 0.6) is 0 Å². The topological polar surface area (TPSA) is 52.9 Å². The van der Waals surface area contributed by atoms with Crippen LogP contribution in [0.25, 0.3) is 0 Å². The van der Waals surface area contributed by atoms with Gasteiger partial charge < -0.3 is 5.32 Å². The normalized spacial score (nSPS) is 19.2. The van der Waals surface area contributed by atoms with Crippen molar-refractivity contribution in [2.45, 2.75) is 57.9 Å². The van der Waals surface area contributed by atoms with Crippen LogP contribution < -0.4 is 5.32 Å². The molecule has 84 valence electrons. The van der Waals surface area contributed by atoms with Gasteiger partial charge in [-0.3, -0.25) is 4.79 Å². The van der Waals surface area contributed by atoms with Crippen molar-refractivity contribution in [1.82, 2.24) is 5.32 Å². The molecule has 0 spiro atoms. The van der Waals surface area contributed by atoms with Crippen molar-refractivity contribution in [2.24, 2.45) is 5.92 Å². The predicted octanol–water partition coefficient (Wildman–Crippen LogP) is 2.38. The SMILES string of the molecule is CCC(CC#N)NC(=O)C1CCCCC1. The van der Waals surface area contributed by atoms with Gasteiger partial charge in [-0.2, -0.15) is 5.26 Å². The Kier molecular flexibility index (Phi) is 5.17. The van der Waals surface area contributed by atoms with Gasteiger partial charge in [-0.1, -0.05) is 26.2 Å². The van der Waals surface area contributed by atoms with Crippen molar-refractivity contribution in [2.75, 3.05) is 0 Å². The largest absolute Gasteiger partial charge is 0.352 e. The van der Waals surface area contributed by atoms with E-state index in [0.29, 0.717) is 6.42 Å². The maximum absolute atomic E-state index is 11.8. The van der Waals surface area contributed by atoms with Crippen LogP contribution in [0, 0.1) is 17.2 Å². The lowest BCUT2D eigenvalue weighted by molar-refractivity contribution is -0.126. The van der Waals surface area contributed by atoms with Crippen LogP contribution >= 0.6 is 0 Å². The van der Waals surface area contributed by atoms with Gasteiger partial charge >= 0.3 is 0 Å². The molecular weight excluding hydrogens is 188 g/mol. The molecule has 1 fully saturated rings. The smallest absolute Gasteiger partial charge is 0.223 e. The molecule has 0 aromatic rings. The first-order valence-corrected chi connectivity index (χ1v) is 5.95. The molecule has 0 aromatic heterocycles. The minimum absolute atomic E-state index is 0.0458. The number of hydrogen-bond acceptors (Lipinski definition) is 2. The van der Waals surface area contributed by atoms with Crippen LogP contribution in [-0.2, 0) is 4.79 Å². The summed E-state index contributed by atoms with van der Waals surface area (Å²) in [5.74, 6) is 0.364. The van der Waals surface area contributed by atoms with E-state index in [1.807, 2.05) is 6.92 Å². The fourth-order valence-corrected chi connectivity index (χ4v) is 2.09. The summed E-state index contributed by atoms with van der Waals surface area (Å²) >= 11 is 0. The molecule has 0 aliphatic heterocycles. The Morgan fingerprint density at radius 1 is 1.47 bits per heavy atom. The van der Waals surface area contributed by atoms with Crippen molar-refractivity contribution in [1.29, 1.82) is 5.26 Å². The molecular formula is C12H20N2O. The molecule has 0 aromatic carbocycles. The van der Waals surface area contributed by atoms with Gasteiger partial charge in [-0.15, -0.1) is 0 Å². The van der Waals surface area contributed by atoms with E-state index in [9.17, 15) is 4.79 Å². The van der Waals surface area contributed by atoms with Gasteiger partial charge in [-0.05, 0) is 19.3 Å². The van der Waals surface area contributed by atoms with E-state index in [1.165, 1.54) is 19.3 Å². The lowest BCUT2D eigenvalue weighted by Gasteiger charge is -2.23. The fraction of sp³-hybridized carbons (Fsp3) is 0.833. The summed E-state index contributed by atoms with van der Waals surface area (Å²) in [6.45, 7) is 2.00. The number of nitrogens with one attached hydrogen (secondary N) is 1. The standard InChI is InChI=1S/C12H20N2O/c1-2-11(8-9-13)14-12(15)10-6-4-3-5-7-10/h10-11H,2-8H2,1H3,(H,14,15). The second kappa shape index (κ2) is 6.44. The molecule has 1 atom stereocenters. The zero-order valence-corrected chi connectivity index (χ0v) is 9.46. The van der Waals surface area contributed by atoms with Gasteiger partial charge in [0, 0.05) is 12.0 Å². The van der Waals surface area contributed by atoms with Crippen molar-refractivity contribution in [3.05, 3.63) is 0 Å². The Labute approximate surface area is 91.9 Å². The van der Waals surface area contributed by atoms with E-state index in [1.54, 1.807) is 0 Å². The molecule has 1 aliphatic carbocycles. The highest BCUT2D eigenvalue weighted by molar-refractivity contribution is 5.79. The molecule has 1 rings (SSSR count). The van der Waals surface area contributed by atoms with Gasteiger partial charge in [0.05, 0.1) is 12.5 Å². The van der Waals surface area contributed by atoms with Crippen LogP contribution in [0.1, 0.15) is 51.9 Å². The third-order valence-corrected chi connectivity index (χ3v) is 3.15. The first-order valence-electron chi connectivity index (χ1n) is 5.95. The molecule has 1 N–H and O–H groups in total. The highest BCUT2D eigenvalue weighted by atomic mass is 16.1. The van der Waals surface area contributed by atoms with E-state index >= 15 is 0 Å². The average Bonchev–Trinajstić information content (AvgIpc) is 2.29. The van der Waals surface area contributed by atoms with Crippen molar-refractivity contribution < 1.29 is 4.79 Å². The minimum atomic E-state index is 0.0458. The van der Waals surface area contributed by atoms with E-state index in [-0.39, 0.29) is 17.9 Å². The Balaban J connectivity index is 2.35. The Morgan fingerprint density at radius 2 is 2.13 bits per heavy atom. The quantitative estimate of drug-likeness (QED) is 0.771. The van der Waals surface area contributed by atoms with Gasteiger partial charge in [0.1, 0.15) is 0 Å². The molecule has 0 heterocycles. The van der Waals surface area contributed by atoms with Crippen LogP contribution in [0.2, 0.25) is 0 Å². The van der Waals surface area contributed by atoms with Crippen molar-refractivity contribution in [3.8, 4) is 6.07 Å². The van der Waals surface area contributed by atoms with Crippen molar-refractivity contribution in [3.63, 3.8) is 0 Å². The number of amides is 1. The Bertz CT molecular complexity index is 238. The number of nitrogens with zero attached hydrogens (tertiary/aromatic N) is 1. The maximum atomic E-state index is 11.8. The lowest BCUT2D eigenvalue weighted by Crippen LogP contribution is -2.39. The molecule has 15 heavy (non-hydrogen) atoms. The number of carbonyl (C=O) groups excluding carboxylic acids is 1. The Hall–Kier alpha value is -1.04. The number of rotatable bonds is 4. The molecule has 0 radical (unpaired) electrons. The zero-order chi connectivity index (χ0) is 11.1. The first-order chi connectivity index (χ1) is 7.27. The lowest BCUT2D eigenvalue weighted by atomic mass is 9.88. The zero-order valence-electron chi connectivity index (χ0n) is 9.46. The monoisotopic (exact) mass is 208 g/mol. The molecule has 0 bridgehead atoms. The summed E-state index contributed by atoms with van der Waals surface area (Å²) in [4.78, 5) is 11.8. The molecule has 1 amide bonds. The highest BCUT2D eigenvalue weighted by Crippen LogP contribution is 2.23. The number of hydrogen-bond donors (Lipinski definition) is 1. The summed E-state index contributed by atoms with van der Waals surface area (Å²) in [5, 5.41) is 11.6. The molecule has 3 heteroatoms. The Morgan fingerprint density at radius 3 is 2.67 bits per heavy atom.